The molecule has 1 aromatic heterocycles. The fourth-order valence-corrected chi connectivity index (χ4v) is 0.599. The van der Waals surface area contributed by atoms with Crippen molar-refractivity contribution in [3.8, 4) is 11.8 Å². The summed E-state index contributed by atoms with van der Waals surface area (Å²) in [5, 5.41) is 8.37. The van der Waals surface area contributed by atoms with Gasteiger partial charge in [-0.15, -0.1) is 0 Å². The Labute approximate surface area is 65.1 Å². The maximum Gasteiger partial charge on any atom is 0.125 e. The van der Waals surface area contributed by atoms with Crippen molar-refractivity contribution in [2.75, 3.05) is 6.61 Å². The van der Waals surface area contributed by atoms with Crippen molar-refractivity contribution < 1.29 is 5.11 Å². The first-order chi connectivity index (χ1) is 5.33. The molecule has 0 saturated carbocycles. The fraction of sp³-hybridized carbons (Fsp3) is 0.250. The second-order valence-corrected chi connectivity index (χ2v) is 1.98. The van der Waals surface area contributed by atoms with Gasteiger partial charge in [-0.2, -0.15) is 0 Å². The Morgan fingerprint density at radius 3 is 2.64 bits per heavy atom. The van der Waals surface area contributed by atoms with Crippen LogP contribution in [-0.4, -0.2) is 21.7 Å². The van der Waals surface area contributed by atoms with Gasteiger partial charge in [-0.05, 0) is 6.92 Å². The third kappa shape index (κ3) is 2.36. The molecule has 0 bridgehead atoms. The van der Waals surface area contributed by atoms with Crippen LogP contribution in [0.1, 0.15) is 11.4 Å². The van der Waals surface area contributed by atoms with E-state index < -0.39 is 0 Å². The van der Waals surface area contributed by atoms with E-state index >= 15 is 0 Å². The predicted octanol–water partition coefficient (Wildman–Crippen LogP) is 0.129. The molecule has 56 valence electrons. The van der Waals surface area contributed by atoms with Crippen LogP contribution < -0.4 is 0 Å². The topological polar surface area (TPSA) is 46.0 Å². The lowest BCUT2D eigenvalue weighted by Crippen LogP contribution is -1.87. The van der Waals surface area contributed by atoms with E-state index in [0.717, 1.165) is 11.4 Å². The number of hydrogen-bond donors (Lipinski definition) is 1. The number of aliphatic hydroxyl groups excluding tert-OH is 1. The lowest BCUT2D eigenvalue weighted by atomic mass is 10.3. The standard InChI is InChI=1S/C8H8N2O/c1-7-9-5-8(6-10-7)3-2-4-11/h5-6,11H,4H2,1H3. The van der Waals surface area contributed by atoms with E-state index in [4.69, 9.17) is 5.11 Å². The van der Waals surface area contributed by atoms with Gasteiger partial charge >= 0.3 is 0 Å². The molecule has 3 nitrogen and oxygen atoms in total. The average Bonchev–Trinajstić information content (AvgIpc) is 2.04. The first kappa shape index (κ1) is 7.70. The second kappa shape index (κ2) is 3.69. The summed E-state index contributed by atoms with van der Waals surface area (Å²) in [4.78, 5) is 7.87. The molecule has 0 atom stereocenters. The lowest BCUT2D eigenvalue weighted by Gasteiger charge is -1.88. The van der Waals surface area contributed by atoms with Gasteiger partial charge in [0, 0.05) is 12.4 Å². The zero-order valence-electron chi connectivity index (χ0n) is 6.20. The Kier molecular flexibility index (Phi) is 2.59. The van der Waals surface area contributed by atoms with Crippen LogP contribution in [0.3, 0.4) is 0 Å². The van der Waals surface area contributed by atoms with Gasteiger partial charge in [-0.1, -0.05) is 11.8 Å². The van der Waals surface area contributed by atoms with E-state index in [2.05, 4.69) is 21.8 Å². The SMILES string of the molecule is Cc1ncc(C#CCO)cn1. The normalized spacial score (nSPS) is 8.55. The summed E-state index contributed by atoms with van der Waals surface area (Å²) in [7, 11) is 0. The molecule has 3 heteroatoms. The molecule has 0 aliphatic carbocycles. The maximum atomic E-state index is 8.37. The molecular weight excluding hydrogens is 140 g/mol. The molecule has 11 heavy (non-hydrogen) atoms. The van der Waals surface area contributed by atoms with E-state index in [9.17, 15) is 0 Å². The van der Waals surface area contributed by atoms with E-state index in [-0.39, 0.29) is 6.61 Å². The summed E-state index contributed by atoms with van der Waals surface area (Å²) >= 11 is 0. The summed E-state index contributed by atoms with van der Waals surface area (Å²) in [6.45, 7) is 1.68. The fourth-order valence-electron chi connectivity index (χ4n) is 0.599. The highest BCUT2D eigenvalue weighted by atomic mass is 16.2. The van der Waals surface area contributed by atoms with Gasteiger partial charge in [0.15, 0.2) is 0 Å². The molecule has 0 aliphatic rings. The highest BCUT2D eigenvalue weighted by Crippen LogP contribution is 1.91. The van der Waals surface area contributed by atoms with Crippen LogP contribution >= 0.6 is 0 Å². The van der Waals surface area contributed by atoms with Crippen molar-refractivity contribution in [3.63, 3.8) is 0 Å². The second-order valence-electron chi connectivity index (χ2n) is 1.98. The highest BCUT2D eigenvalue weighted by molar-refractivity contribution is 5.29. The average molecular weight is 148 g/mol. The first-order valence-corrected chi connectivity index (χ1v) is 3.21. The molecule has 0 amide bonds. The van der Waals surface area contributed by atoms with Crippen LogP contribution in [0.15, 0.2) is 12.4 Å². The molecule has 1 N–H and O–H groups in total. The van der Waals surface area contributed by atoms with Crippen molar-refractivity contribution in [3.05, 3.63) is 23.8 Å². The van der Waals surface area contributed by atoms with E-state index in [1.54, 1.807) is 12.4 Å². The smallest absolute Gasteiger partial charge is 0.125 e. The quantitative estimate of drug-likeness (QED) is 0.532. The molecule has 1 heterocycles. The van der Waals surface area contributed by atoms with Crippen LogP contribution in [0.5, 0.6) is 0 Å². The minimum absolute atomic E-state index is 0.131. The summed E-state index contributed by atoms with van der Waals surface area (Å²) in [6.07, 6.45) is 3.26. The van der Waals surface area contributed by atoms with Crippen molar-refractivity contribution in [1.82, 2.24) is 9.97 Å². The Bertz CT molecular complexity index is 281. The highest BCUT2D eigenvalue weighted by Gasteiger charge is 1.86. The Morgan fingerprint density at radius 1 is 1.45 bits per heavy atom. The van der Waals surface area contributed by atoms with Crippen LogP contribution in [0, 0.1) is 18.8 Å². The molecule has 0 radical (unpaired) electrons. The van der Waals surface area contributed by atoms with Gasteiger partial charge < -0.3 is 5.11 Å². The van der Waals surface area contributed by atoms with Crippen LogP contribution in [0.2, 0.25) is 0 Å². The third-order valence-corrected chi connectivity index (χ3v) is 1.09. The molecular formula is C8H8N2O. The van der Waals surface area contributed by atoms with Gasteiger partial charge in [0.2, 0.25) is 0 Å². The minimum atomic E-state index is -0.131. The van der Waals surface area contributed by atoms with Crippen molar-refractivity contribution in [2.45, 2.75) is 6.92 Å². The Hall–Kier alpha value is -1.40. The summed E-state index contributed by atoms with van der Waals surface area (Å²) < 4.78 is 0. The van der Waals surface area contributed by atoms with Crippen LogP contribution in [-0.2, 0) is 0 Å². The molecule has 0 spiro atoms. The zero-order valence-corrected chi connectivity index (χ0v) is 6.20. The molecule has 1 aromatic rings. The van der Waals surface area contributed by atoms with E-state index in [1.807, 2.05) is 6.92 Å². The van der Waals surface area contributed by atoms with Gasteiger partial charge in [0.05, 0.1) is 5.56 Å². The van der Waals surface area contributed by atoms with E-state index in [0.29, 0.717) is 0 Å². The van der Waals surface area contributed by atoms with Crippen molar-refractivity contribution in [2.24, 2.45) is 0 Å². The molecule has 0 aromatic carbocycles. The summed E-state index contributed by atoms with van der Waals surface area (Å²) in [5.41, 5.74) is 0.727. The number of aryl methyl sites for hydroxylation is 1. The van der Waals surface area contributed by atoms with Crippen LogP contribution in [0.25, 0.3) is 0 Å². The Morgan fingerprint density at radius 2 is 2.09 bits per heavy atom. The number of rotatable bonds is 0. The number of nitrogens with zero attached hydrogens (tertiary/aromatic N) is 2. The summed E-state index contributed by atoms with van der Waals surface area (Å²) in [5.74, 6) is 5.93. The Balaban J connectivity index is 2.82. The largest absolute Gasteiger partial charge is 0.384 e. The lowest BCUT2D eigenvalue weighted by molar-refractivity contribution is 0.350. The van der Waals surface area contributed by atoms with E-state index in [1.165, 1.54) is 0 Å². The molecule has 0 saturated heterocycles. The zero-order chi connectivity index (χ0) is 8.10. The number of aromatic nitrogens is 2. The van der Waals surface area contributed by atoms with Gasteiger partial charge in [0.25, 0.3) is 0 Å². The molecule has 0 fully saturated rings. The first-order valence-electron chi connectivity index (χ1n) is 3.21. The monoisotopic (exact) mass is 148 g/mol. The molecule has 1 rings (SSSR count). The van der Waals surface area contributed by atoms with Gasteiger partial charge in [-0.25, -0.2) is 9.97 Å². The van der Waals surface area contributed by atoms with Crippen LogP contribution in [0.4, 0.5) is 0 Å². The minimum Gasteiger partial charge on any atom is -0.384 e. The van der Waals surface area contributed by atoms with Crippen molar-refractivity contribution in [1.29, 1.82) is 0 Å². The van der Waals surface area contributed by atoms with Gasteiger partial charge in [-0.3, -0.25) is 0 Å². The van der Waals surface area contributed by atoms with Gasteiger partial charge in [0.1, 0.15) is 12.4 Å². The summed E-state index contributed by atoms with van der Waals surface area (Å²) in [6, 6.07) is 0. The predicted molar refractivity (Wildman–Crippen MR) is 40.7 cm³/mol. The van der Waals surface area contributed by atoms with Crippen molar-refractivity contribution >= 4 is 0 Å². The number of aliphatic hydroxyl groups is 1. The maximum absolute atomic E-state index is 8.37. The molecule has 0 aliphatic heterocycles. The molecule has 0 unspecified atom stereocenters. The number of hydrogen-bond acceptors (Lipinski definition) is 3. The third-order valence-electron chi connectivity index (χ3n) is 1.09.